The Morgan fingerprint density at radius 3 is 2.43 bits per heavy atom. The first kappa shape index (κ1) is 29.4. The maximum absolute atomic E-state index is 13.2. The summed E-state index contributed by atoms with van der Waals surface area (Å²) in [5, 5.41) is 6.38. The second kappa shape index (κ2) is 12.9. The van der Waals surface area contributed by atoms with Crippen LogP contribution in [0.25, 0.3) is 0 Å². The van der Waals surface area contributed by atoms with Gasteiger partial charge in [0.1, 0.15) is 11.4 Å². The van der Waals surface area contributed by atoms with Gasteiger partial charge in [-0.15, -0.1) is 0 Å². The van der Waals surface area contributed by atoms with Gasteiger partial charge < -0.3 is 30.1 Å². The normalized spacial score (nSPS) is 17.7. The minimum Gasteiger partial charge on any atom is -0.495 e. The molecule has 2 aliphatic heterocycles. The van der Waals surface area contributed by atoms with Crippen LogP contribution < -0.4 is 25.2 Å². The molecule has 2 fully saturated rings. The van der Waals surface area contributed by atoms with Gasteiger partial charge in [-0.3, -0.25) is 14.4 Å². The summed E-state index contributed by atoms with van der Waals surface area (Å²) in [6.45, 7) is 1.81. The van der Waals surface area contributed by atoms with E-state index in [1.54, 1.807) is 43.5 Å². The van der Waals surface area contributed by atoms with E-state index in [1.807, 2.05) is 35.2 Å². The molecule has 11 nitrogen and oxygen atoms in total. The van der Waals surface area contributed by atoms with E-state index in [1.165, 1.54) is 12.8 Å². The number of fused-ring (bicyclic) bond motifs is 1. The Morgan fingerprint density at radius 2 is 1.70 bits per heavy atom. The lowest BCUT2D eigenvalue weighted by Gasteiger charge is -2.32. The fourth-order valence-corrected chi connectivity index (χ4v) is 6.39. The molecule has 0 radical (unpaired) electrons. The number of carbonyl (C=O) groups excluding carboxylic acids is 3. The van der Waals surface area contributed by atoms with E-state index >= 15 is 0 Å². The summed E-state index contributed by atoms with van der Waals surface area (Å²) in [6.07, 6.45) is 8.06. The zero-order valence-electron chi connectivity index (χ0n) is 25.3. The van der Waals surface area contributed by atoms with Gasteiger partial charge in [-0.05, 0) is 56.0 Å². The fraction of sp³-hybridized carbons (Fsp3) is 0.424. The van der Waals surface area contributed by atoms with Crippen LogP contribution in [-0.2, 0) is 4.79 Å². The third-order valence-electron chi connectivity index (χ3n) is 8.94. The number of rotatable bonds is 7. The number of hydrogen-bond acceptors (Lipinski definition) is 8. The molecule has 1 aliphatic carbocycles. The van der Waals surface area contributed by atoms with Crippen molar-refractivity contribution in [2.45, 2.75) is 57.0 Å². The summed E-state index contributed by atoms with van der Waals surface area (Å²) < 4.78 is 5.64. The second-order valence-electron chi connectivity index (χ2n) is 11.7. The smallest absolute Gasteiger partial charge is 0.253 e. The summed E-state index contributed by atoms with van der Waals surface area (Å²) in [7, 11) is 3.33. The molecule has 6 rings (SSSR count). The van der Waals surface area contributed by atoms with E-state index in [-0.39, 0.29) is 23.8 Å². The number of aromatic nitrogens is 2. The maximum Gasteiger partial charge on any atom is 0.253 e. The van der Waals surface area contributed by atoms with Gasteiger partial charge in [0, 0.05) is 56.3 Å². The number of piperidine rings is 1. The van der Waals surface area contributed by atoms with Crippen LogP contribution in [0, 0.1) is 0 Å². The fourth-order valence-electron chi connectivity index (χ4n) is 6.39. The molecule has 0 spiro atoms. The van der Waals surface area contributed by atoms with Crippen molar-refractivity contribution in [1.82, 2.24) is 20.2 Å². The van der Waals surface area contributed by atoms with Crippen molar-refractivity contribution in [2.75, 3.05) is 48.9 Å². The Morgan fingerprint density at radius 1 is 0.955 bits per heavy atom. The SMILES string of the molecule is COc1cc(C(=O)NC2CCN(C(=O)c3ccccc3)CC2)ccc1Nc1ncc2c(n1)N(C1CCCC1)CCC(=O)N2C. The van der Waals surface area contributed by atoms with Gasteiger partial charge in [0.2, 0.25) is 11.9 Å². The number of benzene rings is 2. The van der Waals surface area contributed by atoms with E-state index < -0.39 is 0 Å². The van der Waals surface area contributed by atoms with Crippen LogP contribution in [0.5, 0.6) is 5.75 Å². The summed E-state index contributed by atoms with van der Waals surface area (Å²) in [5.41, 5.74) is 2.49. The van der Waals surface area contributed by atoms with E-state index in [0.717, 1.165) is 18.7 Å². The predicted molar refractivity (Wildman–Crippen MR) is 169 cm³/mol. The number of methoxy groups -OCH3 is 1. The first-order valence-electron chi connectivity index (χ1n) is 15.4. The van der Waals surface area contributed by atoms with Crippen molar-refractivity contribution in [3.8, 4) is 5.75 Å². The highest BCUT2D eigenvalue weighted by Gasteiger charge is 2.32. The van der Waals surface area contributed by atoms with Crippen LogP contribution in [0.1, 0.15) is 65.7 Å². The van der Waals surface area contributed by atoms with Gasteiger partial charge in [0.15, 0.2) is 5.82 Å². The van der Waals surface area contributed by atoms with Crippen LogP contribution in [0.3, 0.4) is 0 Å². The Kier molecular flexibility index (Phi) is 8.63. The molecule has 3 aliphatic rings. The average Bonchev–Trinajstić information content (AvgIpc) is 3.56. The molecule has 2 aromatic carbocycles. The zero-order chi connectivity index (χ0) is 30.6. The number of ether oxygens (including phenoxy) is 1. The molecule has 230 valence electrons. The molecule has 1 aromatic heterocycles. The molecule has 44 heavy (non-hydrogen) atoms. The maximum atomic E-state index is 13.2. The number of nitrogens with one attached hydrogen (secondary N) is 2. The minimum absolute atomic E-state index is 0.0214. The van der Waals surface area contributed by atoms with E-state index in [2.05, 4.69) is 20.5 Å². The monoisotopic (exact) mass is 597 g/mol. The van der Waals surface area contributed by atoms with E-state index in [4.69, 9.17) is 9.72 Å². The van der Waals surface area contributed by atoms with Gasteiger partial charge in [0.05, 0.1) is 19.0 Å². The lowest BCUT2D eigenvalue weighted by atomic mass is 10.0. The summed E-state index contributed by atoms with van der Waals surface area (Å²) >= 11 is 0. The molecule has 1 saturated carbocycles. The summed E-state index contributed by atoms with van der Waals surface area (Å²) in [5.74, 6) is 1.52. The Hall–Kier alpha value is -4.67. The Balaban J connectivity index is 1.12. The largest absolute Gasteiger partial charge is 0.495 e. The van der Waals surface area contributed by atoms with E-state index in [9.17, 15) is 14.4 Å². The average molecular weight is 598 g/mol. The van der Waals surface area contributed by atoms with Crippen LogP contribution in [0.2, 0.25) is 0 Å². The van der Waals surface area contributed by atoms with Gasteiger partial charge in [-0.2, -0.15) is 4.98 Å². The quantitative estimate of drug-likeness (QED) is 0.412. The number of nitrogens with zero attached hydrogens (tertiary/aromatic N) is 5. The Labute approximate surface area is 257 Å². The molecule has 3 heterocycles. The Bertz CT molecular complexity index is 1520. The van der Waals surface area contributed by atoms with Crippen molar-refractivity contribution in [2.24, 2.45) is 0 Å². The highest BCUT2D eigenvalue weighted by molar-refractivity contribution is 5.98. The van der Waals surface area contributed by atoms with Crippen molar-refractivity contribution >= 4 is 40.9 Å². The third kappa shape index (κ3) is 6.17. The van der Waals surface area contributed by atoms with Crippen LogP contribution >= 0.6 is 0 Å². The molecule has 0 unspecified atom stereocenters. The molecule has 3 amide bonds. The molecule has 0 bridgehead atoms. The summed E-state index contributed by atoms with van der Waals surface area (Å²) in [6, 6.07) is 14.8. The topological polar surface area (TPSA) is 120 Å². The van der Waals surface area contributed by atoms with Crippen molar-refractivity contribution < 1.29 is 19.1 Å². The van der Waals surface area contributed by atoms with Gasteiger partial charge >= 0.3 is 0 Å². The number of likely N-dealkylation sites (tertiary alicyclic amines) is 1. The van der Waals surface area contributed by atoms with Gasteiger partial charge in [0.25, 0.3) is 11.8 Å². The van der Waals surface area contributed by atoms with Gasteiger partial charge in [-0.25, -0.2) is 4.98 Å². The van der Waals surface area contributed by atoms with Crippen molar-refractivity contribution in [1.29, 1.82) is 0 Å². The van der Waals surface area contributed by atoms with Crippen molar-refractivity contribution in [3.05, 3.63) is 65.9 Å². The second-order valence-corrected chi connectivity index (χ2v) is 11.7. The number of amides is 3. The number of hydrogen-bond donors (Lipinski definition) is 2. The molecule has 11 heteroatoms. The highest BCUT2D eigenvalue weighted by Crippen LogP contribution is 2.37. The minimum atomic E-state index is -0.191. The van der Waals surface area contributed by atoms with Crippen LogP contribution in [-0.4, -0.2) is 78.5 Å². The summed E-state index contributed by atoms with van der Waals surface area (Å²) in [4.78, 5) is 53.7. The predicted octanol–water partition coefficient (Wildman–Crippen LogP) is 4.38. The van der Waals surface area contributed by atoms with E-state index in [0.29, 0.717) is 79.1 Å². The highest BCUT2D eigenvalue weighted by atomic mass is 16.5. The first-order chi connectivity index (χ1) is 21.4. The molecular formula is C33H39N7O4. The van der Waals surface area contributed by atoms with Crippen molar-refractivity contribution in [3.63, 3.8) is 0 Å². The number of carbonyl (C=O) groups is 3. The zero-order valence-corrected chi connectivity index (χ0v) is 25.3. The first-order valence-corrected chi connectivity index (χ1v) is 15.4. The number of anilines is 4. The molecule has 3 aromatic rings. The molecule has 2 N–H and O–H groups in total. The lowest BCUT2D eigenvalue weighted by molar-refractivity contribution is -0.118. The molecule has 1 saturated heterocycles. The third-order valence-corrected chi connectivity index (χ3v) is 8.94. The van der Waals surface area contributed by atoms with Crippen LogP contribution in [0.4, 0.5) is 23.1 Å². The standard InChI is InChI=1S/C33H39N7O4/c1-38-27-21-34-33(37-30(27)40(19-16-29(38)41)25-10-6-7-11-25)36-26-13-12-23(20-28(26)44-2)31(42)35-24-14-17-39(18-15-24)32(43)22-8-4-3-5-9-22/h3-5,8-9,12-13,20-21,24-25H,6-7,10-11,14-19H2,1-2H3,(H,35,42)(H,34,36,37). The lowest BCUT2D eigenvalue weighted by Crippen LogP contribution is -2.46. The molecular weight excluding hydrogens is 558 g/mol. The molecule has 0 atom stereocenters. The van der Waals surface area contributed by atoms with Crippen LogP contribution in [0.15, 0.2) is 54.7 Å². The van der Waals surface area contributed by atoms with Gasteiger partial charge in [-0.1, -0.05) is 31.0 Å².